The van der Waals surface area contributed by atoms with Crippen LogP contribution in [0.25, 0.3) is 0 Å². The molecule has 31 heavy (non-hydrogen) atoms. The zero-order valence-corrected chi connectivity index (χ0v) is 17.7. The number of nitrogens with zero attached hydrogens (tertiary/aromatic N) is 2. The highest BCUT2D eigenvalue weighted by Gasteiger charge is 2.52. The summed E-state index contributed by atoms with van der Waals surface area (Å²) in [5.74, 6) is -1.01. The predicted octanol–water partition coefficient (Wildman–Crippen LogP) is 3.21. The van der Waals surface area contributed by atoms with E-state index in [1.807, 2.05) is 38.1 Å². The minimum absolute atomic E-state index is 0.311. The molecule has 1 N–H and O–H groups in total. The molecular weight excluding hydrogens is 397 g/mol. The van der Waals surface area contributed by atoms with Crippen LogP contribution in [0, 0.1) is 5.82 Å². The summed E-state index contributed by atoms with van der Waals surface area (Å²) in [4.78, 5) is 41.6. The van der Waals surface area contributed by atoms with Crippen LogP contribution in [0.5, 0.6) is 0 Å². The van der Waals surface area contributed by atoms with Gasteiger partial charge in [-0.1, -0.05) is 36.4 Å². The van der Waals surface area contributed by atoms with Crippen molar-refractivity contribution in [3.8, 4) is 0 Å². The zero-order chi connectivity index (χ0) is 22.2. The van der Waals surface area contributed by atoms with Crippen LogP contribution in [0.2, 0.25) is 0 Å². The van der Waals surface area contributed by atoms with Crippen molar-refractivity contribution in [3.63, 3.8) is 0 Å². The van der Waals surface area contributed by atoms with Gasteiger partial charge < -0.3 is 10.2 Å². The highest BCUT2D eigenvalue weighted by molar-refractivity contribution is 6.09. The first-order valence-electron chi connectivity index (χ1n) is 10.6. The number of carbonyl (C=O) groups is 3. The van der Waals surface area contributed by atoms with Gasteiger partial charge in [-0.25, -0.2) is 9.18 Å². The molecular formula is C24H26FN3O3. The van der Waals surface area contributed by atoms with E-state index in [2.05, 4.69) is 5.32 Å². The van der Waals surface area contributed by atoms with Gasteiger partial charge in [-0.2, -0.15) is 0 Å². The fraction of sp³-hybridized carbons (Fsp3) is 0.375. The molecule has 0 radical (unpaired) electrons. The standard InChI is InChI=1S/C24H26FN3O3/c1-3-27(16(2)17-8-10-20(25)11-9-17)21(29)15-28-22(30)24(26-23(28)31)13-12-18-6-4-5-7-19(18)14-24/h4-11,16H,3,12-15H2,1-2H3,(H,26,31). The fourth-order valence-corrected chi connectivity index (χ4v) is 4.66. The Kier molecular flexibility index (Phi) is 5.52. The van der Waals surface area contributed by atoms with Gasteiger partial charge in [0.2, 0.25) is 5.91 Å². The molecule has 4 amide bonds. The summed E-state index contributed by atoms with van der Waals surface area (Å²) in [5.41, 5.74) is 2.05. The number of hydrogen-bond donors (Lipinski definition) is 1. The minimum Gasteiger partial charge on any atom is -0.335 e. The summed E-state index contributed by atoms with van der Waals surface area (Å²) in [6.45, 7) is 3.77. The van der Waals surface area contributed by atoms with Crippen molar-refractivity contribution < 1.29 is 18.8 Å². The lowest BCUT2D eigenvalue weighted by atomic mass is 9.78. The summed E-state index contributed by atoms with van der Waals surface area (Å²) >= 11 is 0. The van der Waals surface area contributed by atoms with Crippen LogP contribution in [-0.2, 0) is 22.4 Å². The third-order valence-electron chi connectivity index (χ3n) is 6.45. The molecule has 1 saturated heterocycles. The number of nitrogens with one attached hydrogen (secondary N) is 1. The van der Waals surface area contributed by atoms with Crippen LogP contribution in [-0.4, -0.2) is 46.3 Å². The molecule has 1 heterocycles. The highest BCUT2D eigenvalue weighted by atomic mass is 19.1. The van der Waals surface area contributed by atoms with E-state index in [9.17, 15) is 18.8 Å². The fourth-order valence-electron chi connectivity index (χ4n) is 4.66. The third-order valence-corrected chi connectivity index (χ3v) is 6.45. The number of halogens is 1. The molecule has 0 bridgehead atoms. The molecule has 2 atom stereocenters. The maximum absolute atomic E-state index is 13.3. The maximum Gasteiger partial charge on any atom is 0.325 e. The second kappa shape index (κ2) is 8.13. The van der Waals surface area contributed by atoms with E-state index in [-0.39, 0.29) is 30.2 Å². The summed E-state index contributed by atoms with van der Waals surface area (Å²) in [5, 5.41) is 2.86. The Hall–Kier alpha value is -3.22. The SMILES string of the molecule is CCN(C(=O)CN1C(=O)NC2(CCc3ccccc3C2)C1=O)C(C)c1ccc(F)cc1. The van der Waals surface area contributed by atoms with Crippen molar-refractivity contribution in [2.45, 2.75) is 44.7 Å². The van der Waals surface area contributed by atoms with Crippen molar-refractivity contribution in [2.75, 3.05) is 13.1 Å². The Morgan fingerprint density at radius 3 is 2.52 bits per heavy atom. The molecule has 1 spiro atoms. The molecule has 0 aromatic heterocycles. The molecule has 6 nitrogen and oxygen atoms in total. The van der Waals surface area contributed by atoms with E-state index in [1.54, 1.807) is 17.0 Å². The molecule has 4 rings (SSSR count). The molecule has 2 aromatic rings. The second-order valence-corrected chi connectivity index (χ2v) is 8.26. The first-order valence-corrected chi connectivity index (χ1v) is 10.6. The lowest BCUT2D eigenvalue weighted by Crippen LogP contribution is -2.51. The Morgan fingerprint density at radius 2 is 1.84 bits per heavy atom. The zero-order valence-electron chi connectivity index (χ0n) is 17.7. The molecule has 2 aliphatic rings. The Bertz CT molecular complexity index is 1020. The molecule has 1 aliphatic heterocycles. The van der Waals surface area contributed by atoms with Crippen LogP contribution in [0.15, 0.2) is 48.5 Å². The third kappa shape index (κ3) is 3.80. The summed E-state index contributed by atoms with van der Waals surface area (Å²) in [6.07, 6.45) is 1.65. The smallest absolute Gasteiger partial charge is 0.325 e. The lowest BCUT2D eigenvalue weighted by Gasteiger charge is -2.32. The van der Waals surface area contributed by atoms with E-state index in [1.165, 1.54) is 17.7 Å². The number of likely N-dealkylation sites (N-methyl/N-ethyl adjacent to an activating group) is 1. The average Bonchev–Trinajstić information content (AvgIpc) is 2.98. The Morgan fingerprint density at radius 1 is 1.16 bits per heavy atom. The molecule has 1 fully saturated rings. The van der Waals surface area contributed by atoms with E-state index in [0.717, 1.165) is 16.0 Å². The van der Waals surface area contributed by atoms with Gasteiger partial charge in [-0.3, -0.25) is 14.5 Å². The second-order valence-electron chi connectivity index (χ2n) is 8.26. The predicted molar refractivity (Wildman–Crippen MR) is 114 cm³/mol. The number of fused-ring (bicyclic) bond motifs is 1. The van der Waals surface area contributed by atoms with Crippen molar-refractivity contribution in [1.82, 2.24) is 15.1 Å². The number of hydrogen-bond acceptors (Lipinski definition) is 3. The van der Waals surface area contributed by atoms with Gasteiger partial charge in [0.15, 0.2) is 0 Å². The number of aryl methyl sites for hydroxylation is 1. The van der Waals surface area contributed by atoms with Crippen LogP contribution in [0.3, 0.4) is 0 Å². The Labute approximate surface area is 181 Å². The number of benzene rings is 2. The van der Waals surface area contributed by atoms with Crippen LogP contribution < -0.4 is 5.32 Å². The van der Waals surface area contributed by atoms with Crippen LogP contribution >= 0.6 is 0 Å². The number of rotatable bonds is 5. The summed E-state index contributed by atoms with van der Waals surface area (Å²) in [6, 6.07) is 13.1. The Balaban J connectivity index is 1.49. The van der Waals surface area contributed by atoms with Crippen molar-refractivity contribution in [1.29, 1.82) is 0 Å². The largest absolute Gasteiger partial charge is 0.335 e. The van der Waals surface area contributed by atoms with Gasteiger partial charge in [-0.05, 0) is 55.5 Å². The van der Waals surface area contributed by atoms with E-state index >= 15 is 0 Å². The topological polar surface area (TPSA) is 69.7 Å². The number of amides is 4. The number of imide groups is 1. The van der Waals surface area contributed by atoms with Gasteiger partial charge in [0.05, 0.1) is 6.04 Å². The van der Waals surface area contributed by atoms with Crippen LogP contribution in [0.1, 0.15) is 43.0 Å². The van der Waals surface area contributed by atoms with Crippen molar-refractivity contribution in [2.24, 2.45) is 0 Å². The van der Waals surface area contributed by atoms with E-state index in [4.69, 9.17) is 0 Å². The molecule has 7 heteroatoms. The van der Waals surface area contributed by atoms with Gasteiger partial charge in [0.25, 0.3) is 5.91 Å². The average molecular weight is 423 g/mol. The molecule has 0 saturated carbocycles. The highest BCUT2D eigenvalue weighted by Crippen LogP contribution is 2.33. The first-order chi connectivity index (χ1) is 14.8. The van der Waals surface area contributed by atoms with Crippen molar-refractivity contribution in [3.05, 3.63) is 71.0 Å². The maximum atomic E-state index is 13.3. The van der Waals surface area contributed by atoms with Gasteiger partial charge in [0, 0.05) is 13.0 Å². The minimum atomic E-state index is -0.981. The first kappa shape index (κ1) is 21.0. The summed E-state index contributed by atoms with van der Waals surface area (Å²) < 4.78 is 13.2. The molecule has 1 aliphatic carbocycles. The van der Waals surface area contributed by atoms with E-state index in [0.29, 0.717) is 25.8 Å². The molecule has 162 valence electrons. The van der Waals surface area contributed by atoms with Crippen LogP contribution in [0.4, 0.5) is 9.18 Å². The number of urea groups is 1. The van der Waals surface area contributed by atoms with E-state index < -0.39 is 11.6 Å². The summed E-state index contributed by atoms with van der Waals surface area (Å²) in [7, 11) is 0. The monoisotopic (exact) mass is 423 g/mol. The number of carbonyl (C=O) groups excluding carboxylic acids is 3. The van der Waals surface area contributed by atoms with Crippen molar-refractivity contribution >= 4 is 17.8 Å². The lowest BCUT2D eigenvalue weighted by molar-refractivity contribution is -0.140. The molecule has 2 aromatic carbocycles. The van der Waals surface area contributed by atoms with Gasteiger partial charge >= 0.3 is 6.03 Å². The normalized spacial score (nSPS) is 21.1. The van der Waals surface area contributed by atoms with Gasteiger partial charge in [-0.15, -0.1) is 0 Å². The molecule has 2 unspecified atom stereocenters. The quantitative estimate of drug-likeness (QED) is 0.751. The van der Waals surface area contributed by atoms with Gasteiger partial charge in [0.1, 0.15) is 17.9 Å².